The van der Waals surface area contributed by atoms with Gasteiger partial charge in [-0.3, -0.25) is 0 Å². The van der Waals surface area contributed by atoms with Crippen LogP contribution in [0.4, 0.5) is 4.79 Å². The van der Waals surface area contributed by atoms with Crippen molar-refractivity contribution in [3.63, 3.8) is 0 Å². The molecule has 0 aromatic rings. The second-order valence-corrected chi connectivity index (χ2v) is 3.17. The van der Waals surface area contributed by atoms with E-state index < -0.39 is 12.2 Å². The van der Waals surface area contributed by atoms with Crippen LogP contribution in [0, 0.1) is 0 Å². The number of likely N-dealkylation sites (N-methyl/N-ethyl adjacent to an activating group) is 1. The van der Waals surface area contributed by atoms with Crippen molar-refractivity contribution in [3.05, 3.63) is 0 Å². The zero-order valence-electron chi connectivity index (χ0n) is 7.64. The fraction of sp³-hybridized carbons (Fsp3) is 0.875. The highest BCUT2D eigenvalue weighted by Crippen LogP contribution is 2.14. The number of ether oxygens (including phenoxy) is 1. The lowest BCUT2D eigenvalue weighted by Crippen LogP contribution is -2.36. The van der Waals surface area contributed by atoms with Crippen molar-refractivity contribution in [3.8, 4) is 0 Å². The zero-order valence-corrected chi connectivity index (χ0v) is 7.64. The van der Waals surface area contributed by atoms with Crippen LogP contribution >= 0.6 is 0 Å². The van der Waals surface area contributed by atoms with Gasteiger partial charge < -0.3 is 19.8 Å². The van der Waals surface area contributed by atoms with Crippen molar-refractivity contribution < 1.29 is 19.7 Å². The van der Waals surface area contributed by atoms with Crippen molar-refractivity contribution in [2.45, 2.75) is 25.6 Å². The highest BCUT2D eigenvalue weighted by molar-refractivity contribution is 5.64. The van der Waals surface area contributed by atoms with Crippen molar-refractivity contribution in [1.82, 2.24) is 4.90 Å². The number of carbonyl (C=O) groups is 1. The summed E-state index contributed by atoms with van der Waals surface area (Å²) in [4.78, 5) is 11.9. The minimum Gasteiger partial charge on any atom is -0.465 e. The molecular formula is C8H15NO4. The van der Waals surface area contributed by atoms with Crippen LogP contribution in [0.1, 0.15) is 13.3 Å². The number of carboxylic acid groups (broad SMARTS) is 1. The first-order valence-electron chi connectivity index (χ1n) is 4.41. The van der Waals surface area contributed by atoms with Gasteiger partial charge in [0, 0.05) is 13.0 Å². The molecule has 0 bridgehead atoms. The molecule has 0 spiro atoms. The molecule has 1 aliphatic rings. The third-order valence-electron chi connectivity index (χ3n) is 2.14. The van der Waals surface area contributed by atoms with Crippen LogP contribution in [0.3, 0.4) is 0 Å². The molecule has 1 rings (SSSR count). The highest BCUT2D eigenvalue weighted by atomic mass is 16.5. The fourth-order valence-electron chi connectivity index (χ4n) is 1.40. The van der Waals surface area contributed by atoms with Crippen LogP contribution < -0.4 is 0 Å². The quantitative estimate of drug-likeness (QED) is 0.662. The second kappa shape index (κ2) is 4.43. The maximum atomic E-state index is 10.6. The second-order valence-electron chi connectivity index (χ2n) is 3.17. The van der Waals surface area contributed by atoms with Crippen LogP contribution in [0.15, 0.2) is 0 Å². The summed E-state index contributed by atoms with van der Waals surface area (Å²) in [5.41, 5.74) is 0. The Morgan fingerprint density at radius 1 is 1.69 bits per heavy atom. The average molecular weight is 189 g/mol. The summed E-state index contributed by atoms with van der Waals surface area (Å²) >= 11 is 0. The van der Waals surface area contributed by atoms with E-state index in [-0.39, 0.29) is 6.10 Å². The predicted octanol–water partition coefficient (Wildman–Crippen LogP) is 0.136. The van der Waals surface area contributed by atoms with Gasteiger partial charge in [-0.05, 0) is 6.92 Å². The molecule has 0 aromatic heterocycles. The highest BCUT2D eigenvalue weighted by Gasteiger charge is 2.26. The first-order chi connectivity index (χ1) is 6.13. The van der Waals surface area contributed by atoms with E-state index in [9.17, 15) is 4.79 Å². The van der Waals surface area contributed by atoms with E-state index in [0.717, 1.165) is 0 Å². The van der Waals surface area contributed by atoms with E-state index in [4.69, 9.17) is 14.9 Å². The van der Waals surface area contributed by atoms with Gasteiger partial charge in [-0.25, -0.2) is 4.79 Å². The molecule has 1 saturated heterocycles. The normalized spacial score (nSPS) is 27.5. The Bertz CT molecular complexity index is 185. The van der Waals surface area contributed by atoms with Gasteiger partial charge in [-0.1, -0.05) is 0 Å². The molecule has 0 aromatic carbocycles. The summed E-state index contributed by atoms with van der Waals surface area (Å²) < 4.78 is 5.19. The minimum absolute atomic E-state index is 0.147. The topological polar surface area (TPSA) is 70.0 Å². The largest absolute Gasteiger partial charge is 0.465 e. The zero-order chi connectivity index (χ0) is 9.84. The first-order valence-corrected chi connectivity index (χ1v) is 4.41. The van der Waals surface area contributed by atoms with Gasteiger partial charge >= 0.3 is 6.09 Å². The molecule has 0 radical (unpaired) electrons. The molecule has 0 unspecified atom stereocenters. The predicted molar refractivity (Wildman–Crippen MR) is 45.6 cm³/mol. The Hall–Kier alpha value is -0.810. The van der Waals surface area contributed by atoms with Crippen molar-refractivity contribution in [2.75, 3.05) is 19.7 Å². The lowest BCUT2D eigenvalue weighted by atomic mass is 10.2. The molecule has 5 nitrogen and oxygen atoms in total. The van der Waals surface area contributed by atoms with Crippen molar-refractivity contribution in [2.24, 2.45) is 0 Å². The SMILES string of the molecule is CCN(C[C@@H]1C[C@@H](O)CO1)C(=O)O. The van der Waals surface area contributed by atoms with E-state index in [1.54, 1.807) is 6.92 Å². The van der Waals surface area contributed by atoms with E-state index in [0.29, 0.717) is 26.1 Å². The molecule has 2 atom stereocenters. The van der Waals surface area contributed by atoms with Crippen LogP contribution in [-0.4, -0.2) is 53.1 Å². The Morgan fingerprint density at radius 2 is 2.38 bits per heavy atom. The summed E-state index contributed by atoms with van der Waals surface area (Å²) in [6, 6.07) is 0. The number of aliphatic hydroxyl groups excluding tert-OH is 1. The molecule has 0 saturated carbocycles. The maximum absolute atomic E-state index is 10.6. The van der Waals surface area contributed by atoms with Gasteiger partial charge in [0.1, 0.15) is 0 Å². The lowest BCUT2D eigenvalue weighted by Gasteiger charge is -2.20. The molecule has 1 amide bonds. The molecular weight excluding hydrogens is 174 g/mol. The fourth-order valence-corrected chi connectivity index (χ4v) is 1.40. The van der Waals surface area contributed by atoms with Gasteiger partial charge in [0.2, 0.25) is 0 Å². The van der Waals surface area contributed by atoms with Crippen LogP contribution in [-0.2, 0) is 4.74 Å². The number of nitrogens with zero attached hydrogens (tertiary/aromatic N) is 1. The third kappa shape index (κ3) is 2.86. The molecule has 5 heteroatoms. The van der Waals surface area contributed by atoms with Crippen LogP contribution in [0.5, 0.6) is 0 Å². The molecule has 1 fully saturated rings. The summed E-state index contributed by atoms with van der Waals surface area (Å²) in [6.45, 7) is 2.90. The van der Waals surface area contributed by atoms with Gasteiger partial charge in [-0.15, -0.1) is 0 Å². The lowest BCUT2D eigenvalue weighted by molar-refractivity contribution is 0.0628. The number of aliphatic hydroxyl groups is 1. The van der Waals surface area contributed by atoms with Gasteiger partial charge in [0.25, 0.3) is 0 Å². The number of amides is 1. The molecule has 1 heterocycles. The van der Waals surface area contributed by atoms with Crippen molar-refractivity contribution in [1.29, 1.82) is 0 Å². The average Bonchev–Trinajstić information content (AvgIpc) is 2.46. The Labute approximate surface area is 76.9 Å². The summed E-state index contributed by atoms with van der Waals surface area (Å²) in [5.74, 6) is 0. The Balaban J connectivity index is 2.34. The Morgan fingerprint density at radius 3 is 2.77 bits per heavy atom. The molecule has 76 valence electrons. The van der Waals surface area contributed by atoms with E-state index in [2.05, 4.69) is 0 Å². The first kappa shape index (κ1) is 10.3. The summed E-state index contributed by atoms with van der Waals surface area (Å²) in [6.07, 6.45) is -0.986. The minimum atomic E-state index is -0.938. The number of hydrogen-bond acceptors (Lipinski definition) is 3. The monoisotopic (exact) mass is 189 g/mol. The third-order valence-corrected chi connectivity index (χ3v) is 2.14. The van der Waals surface area contributed by atoms with E-state index >= 15 is 0 Å². The standard InChI is InChI=1S/C8H15NO4/c1-2-9(8(11)12)4-7-3-6(10)5-13-7/h6-7,10H,2-5H2,1H3,(H,11,12)/t6-,7+/m1/s1. The summed E-state index contributed by atoms with van der Waals surface area (Å²) in [7, 11) is 0. The smallest absolute Gasteiger partial charge is 0.407 e. The van der Waals surface area contributed by atoms with E-state index in [1.165, 1.54) is 4.90 Å². The molecule has 2 N–H and O–H groups in total. The van der Waals surface area contributed by atoms with Gasteiger partial charge in [0.15, 0.2) is 0 Å². The molecule has 0 aliphatic carbocycles. The number of hydrogen-bond donors (Lipinski definition) is 2. The maximum Gasteiger partial charge on any atom is 0.407 e. The van der Waals surface area contributed by atoms with Crippen LogP contribution in [0.2, 0.25) is 0 Å². The van der Waals surface area contributed by atoms with E-state index in [1.807, 2.05) is 0 Å². The van der Waals surface area contributed by atoms with Gasteiger partial charge in [0.05, 0.1) is 25.4 Å². The molecule has 1 aliphatic heterocycles. The van der Waals surface area contributed by atoms with Crippen molar-refractivity contribution >= 4 is 6.09 Å². The number of rotatable bonds is 3. The van der Waals surface area contributed by atoms with Crippen LogP contribution in [0.25, 0.3) is 0 Å². The summed E-state index contributed by atoms with van der Waals surface area (Å²) in [5, 5.41) is 17.8. The molecule has 13 heavy (non-hydrogen) atoms. The Kier molecular flexibility index (Phi) is 3.50. The van der Waals surface area contributed by atoms with Gasteiger partial charge in [-0.2, -0.15) is 0 Å².